The first-order valence-electron chi connectivity index (χ1n) is 9.05. The molecule has 2 aromatic heterocycles. The third-order valence-electron chi connectivity index (χ3n) is 4.67. The minimum absolute atomic E-state index is 0.0757. The molecule has 9 nitrogen and oxygen atoms in total. The molecular formula is C21H19N5O4. The van der Waals surface area contributed by atoms with Gasteiger partial charge in [0.15, 0.2) is 28.7 Å². The van der Waals surface area contributed by atoms with Crippen LogP contribution < -0.4 is 20.9 Å². The number of primary amides is 1. The zero-order chi connectivity index (χ0) is 21.4. The summed E-state index contributed by atoms with van der Waals surface area (Å²) in [4.78, 5) is 36.3. The van der Waals surface area contributed by atoms with Gasteiger partial charge in [0.2, 0.25) is 0 Å². The molecule has 0 aliphatic rings. The van der Waals surface area contributed by atoms with Crippen LogP contribution in [0.3, 0.4) is 0 Å². The van der Waals surface area contributed by atoms with Crippen molar-refractivity contribution in [3.8, 4) is 28.6 Å². The predicted octanol–water partition coefficient (Wildman–Crippen LogP) is 2.20. The van der Waals surface area contributed by atoms with E-state index in [0.29, 0.717) is 22.7 Å². The number of methoxy groups -OCH3 is 2. The number of carbonyl (C=O) groups is 1. The van der Waals surface area contributed by atoms with Crippen LogP contribution in [-0.4, -0.2) is 39.6 Å². The molecule has 1 amide bonds. The Morgan fingerprint density at radius 2 is 1.83 bits per heavy atom. The highest BCUT2D eigenvalue weighted by Crippen LogP contribution is 2.32. The lowest BCUT2D eigenvalue weighted by Gasteiger charge is -2.10. The Morgan fingerprint density at radius 3 is 2.50 bits per heavy atom. The van der Waals surface area contributed by atoms with Crippen molar-refractivity contribution in [2.45, 2.75) is 6.92 Å². The molecule has 0 unspecified atom stereocenters. The third kappa shape index (κ3) is 3.16. The summed E-state index contributed by atoms with van der Waals surface area (Å²) in [7, 11) is 3.05. The quantitative estimate of drug-likeness (QED) is 0.524. The molecule has 0 saturated heterocycles. The maximum Gasteiger partial charge on any atom is 0.332 e. The number of H-pyrrole nitrogens is 1. The zero-order valence-corrected chi connectivity index (χ0v) is 16.6. The van der Waals surface area contributed by atoms with Crippen molar-refractivity contribution in [2.24, 2.45) is 5.73 Å². The second-order valence-corrected chi connectivity index (χ2v) is 6.63. The van der Waals surface area contributed by atoms with Crippen molar-refractivity contribution in [1.29, 1.82) is 0 Å². The van der Waals surface area contributed by atoms with Gasteiger partial charge in [0, 0.05) is 5.56 Å². The largest absolute Gasteiger partial charge is 0.493 e. The fraction of sp³-hybridized carbons (Fsp3) is 0.143. The number of hydrogen-bond donors (Lipinski definition) is 2. The van der Waals surface area contributed by atoms with E-state index < -0.39 is 11.6 Å². The summed E-state index contributed by atoms with van der Waals surface area (Å²) < 4.78 is 12.0. The standard InChI is InChI=1S/C21H19N5O4/c1-11-5-4-6-13(9-11)26-20-17(24-21(26)28)16(18(22)27)23-19(25-20)12-7-8-14(29-2)15(10-12)30-3/h4-10H,1-3H3,(H2,22,27)(H,24,28). The number of nitrogens with zero attached hydrogens (tertiary/aromatic N) is 3. The van der Waals surface area contributed by atoms with E-state index in [1.165, 1.54) is 18.8 Å². The summed E-state index contributed by atoms with van der Waals surface area (Å²) >= 11 is 0. The average Bonchev–Trinajstić information content (AvgIpc) is 3.07. The molecule has 0 aliphatic heterocycles. The first-order valence-corrected chi connectivity index (χ1v) is 9.05. The number of aryl methyl sites for hydroxylation is 1. The van der Waals surface area contributed by atoms with Crippen LogP contribution >= 0.6 is 0 Å². The molecule has 4 rings (SSSR count). The van der Waals surface area contributed by atoms with Crippen LogP contribution in [0.4, 0.5) is 0 Å². The van der Waals surface area contributed by atoms with E-state index in [4.69, 9.17) is 15.2 Å². The highest BCUT2D eigenvalue weighted by atomic mass is 16.5. The number of nitrogens with one attached hydrogen (secondary N) is 1. The molecule has 0 saturated carbocycles. The number of carbonyl (C=O) groups excluding carboxylic acids is 1. The second-order valence-electron chi connectivity index (χ2n) is 6.63. The summed E-state index contributed by atoms with van der Waals surface area (Å²) in [5, 5.41) is 0. The molecule has 2 heterocycles. The first-order chi connectivity index (χ1) is 14.4. The number of amides is 1. The van der Waals surface area contributed by atoms with Gasteiger partial charge in [0.25, 0.3) is 5.91 Å². The normalized spacial score (nSPS) is 10.9. The molecule has 0 bridgehead atoms. The molecule has 3 N–H and O–H groups in total. The molecule has 0 spiro atoms. The smallest absolute Gasteiger partial charge is 0.332 e. The van der Waals surface area contributed by atoms with E-state index in [1.54, 1.807) is 24.3 Å². The van der Waals surface area contributed by atoms with Gasteiger partial charge in [-0.1, -0.05) is 12.1 Å². The van der Waals surface area contributed by atoms with E-state index in [-0.39, 0.29) is 22.7 Å². The molecular weight excluding hydrogens is 386 g/mol. The summed E-state index contributed by atoms with van der Waals surface area (Å²) in [6.45, 7) is 1.92. The van der Waals surface area contributed by atoms with E-state index >= 15 is 0 Å². The van der Waals surface area contributed by atoms with Crippen LogP contribution in [0.5, 0.6) is 11.5 Å². The van der Waals surface area contributed by atoms with Gasteiger partial charge in [-0.3, -0.25) is 4.79 Å². The molecule has 0 fully saturated rings. The van der Waals surface area contributed by atoms with E-state index in [2.05, 4.69) is 15.0 Å². The number of nitrogens with two attached hydrogens (primary N) is 1. The van der Waals surface area contributed by atoms with Crippen LogP contribution in [0.15, 0.2) is 47.3 Å². The number of aromatic nitrogens is 4. The minimum Gasteiger partial charge on any atom is -0.493 e. The van der Waals surface area contributed by atoms with Gasteiger partial charge in [-0.15, -0.1) is 0 Å². The second kappa shape index (κ2) is 7.36. The van der Waals surface area contributed by atoms with E-state index in [1.807, 2.05) is 25.1 Å². The van der Waals surface area contributed by atoms with Crippen LogP contribution in [-0.2, 0) is 0 Å². The maximum absolute atomic E-state index is 12.7. The van der Waals surface area contributed by atoms with E-state index in [9.17, 15) is 9.59 Å². The van der Waals surface area contributed by atoms with Crippen LogP contribution in [0, 0.1) is 6.92 Å². The first kappa shape index (κ1) is 19.2. The SMILES string of the molecule is COc1ccc(-c2nc(C(N)=O)c3[nH]c(=O)n(-c4cccc(C)c4)c3n2)cc1OC. The summed E-state index contributed by atoms with van der Waals surface area (Å²) in [5.74, 6) is 0.458. The highest BCUT2D eigenvalue weighted by molar-refractivity contribution is 6.02. The summed E-state index contributed by atoms with van der Waals surface area (Å²) in [5.41, 5.74) is 7.60. The average molecular weight is 405 g/mol. The molecule has 0 radical (unpaired) electrons. The Kier molecular flexibility index (Phi) is 4.71. The number of ether oxygens (including phenoxy) is 2. The molecule has 4 aromatic rings. The molecule has 9 heteroatoms. The highest BCUT2D eigenvalue weighted by Gasteiger charge is 2.21. The van der Waals surface area contributed by atoms with Crippen molar-refractivity contribution in [3.05, 3.63) is 64.2 Å². The lowest BCUT2D eigenvalue weighted by atomic mass is 10.1. The molecule has 152 valence electrons. The third-order valence-corrected chi connectivity index (χ3v) is 4.67. The molecule has 0 aliphatic carbocycles. The van der Waals surface area contributed by atoms with Crippen LogP contribution in [0.2, 0.25) is 0 Å². The van der Waals surface area contributed by atoms with Crippen molar-refractivity contribution in [1.82, 2.24) is 19.5 Å². The van der Waals surface area contributed by atoms with Gasteiger partial charge in [0.05, 0.1) is 19.9 Å². The fourth-order valence-electron chi connectivity index (χ4n) is 3.27. The van der Waals surface area contributed by atoms with Gasteiger partial charge >= 0.3 is 5.69 Å². The Hall–Kier alpha value is -4.14. The number of aromatic amines is 1. The van der Waals surface area contributed by atoms with Crippen molar-refractivity contribution < 1.29 is 14.3 Å². The van der Waals surface area contributed by atoms with Gasteiger partial charge in [-0.05, 0) is 42.8 Å². The van der Waals surface area contributed by atoms with Gasteiger partial charge in [-0.2, -0.15) is 0 Å². The van der Waals surface area contributed by atoms with Gasteiger partial charge in [-0.25, -0.2) is 19.3 Å². The monoisotopic (exact) mass is 405 g/mol. The Balaban J connectivity index is 2.02. The van der Waals surface area contributed by atoms with Crippen molar-refractivity contribution >= 4 is 17.1 Å². The summed E-state index contributed by atoms with van der Waals surface area (Å²) in [6.07, 6.45) is 0. The van der Waals surface area contributed by atoms with E-state index in [0.717, 1.165) is 5.56 Å². The summed E-state index contributed by atoms with van der Waals surface area (Å²) in [6, 6.07) is 12.5. The molecule has 0 atom stereocenters. The molecule has 30 heavy (non-hydrogen) atoms. The maximum atomic E-state index is 12.7. The molecule has 2 aromatic carbocycles. The lowest BCUT2D eigenvalue weighted by Crippen LogP contribution is -2.15. The predicted molar refractivity (Wildman–Crippen MR) is 111 cm³/mol. The van der Waals surface area contributed by atoms with Crippen molar-refractivity contribution in [3.63, 3.8) is 0 Å². The Labute approximate surface area is 171 Å². The number of imidazole rings is 1. The number of fused-ring (bicyclic) bond motifs is 1. The topological polar surface area (TPSA) is 125 Å². The lowest BCUT2D eigenvalue weighted by molar-refractivity contribution is 0.0997. The van der Waals surface area contributed by atoms with Gasteiger partial charge < -0.3 is 20.2 Å². The fourth-order valence-corrected chi connectivity index (χ4v) is 3.27. The van der Waals surface area contributed by atoms with Crippen LogP contribution in [0.1, 0.15) is 16.1 Å². The Bertz CT molecular complexity index is 1340. The number of rotatable bonds is 5. The zero-order valence-electron chi connectivity index (χ0n) is 16.6. The van der Waals surface area contributed by atoms with Crippen LogP contribution in [0.25, 0.3) is 28.2 Å². The number of hydrogen-bond acceptors (Lipinski definition) is 6. The Morgan fingerprint density at radius 1 is 1.07 bits per heavy atom. The number of benzene rings is 2. The minimum atomic E-state index is -0.776. The van der Waals surface area contributed by atoms with Gasteiger partial charge in [0.1, 0.15) is 5.52 Å². The van der Waals surface area contributed by atoms with Crippen molar-refractivity contribution in [2.75, 3.05) is 14.2 Å².